The summed E-state index contributed by atoms with van der Waals surface area (Å²) in [7, 11) is 2.55. The minimum atomic E-state index is -0.621. The van der Waals surface area contributed by atoms with Gasteiger partial charge in [-0.2, -0.15) is 0 Å². The Kier molecular flexibility index (Phi) is 5.62. The molecule has 1 aliphatic heterocycles. The number of halogens is 1. The summed E-state index contributed by atoms with van der Waals surface area (Å²) in [6.45, 7) is 3.92. The van der Waals surface area contributed by atoms with E-state index in [0.717, 1.165) is 21.3 Å². The third-order valence-corrected chi connectivity index (χ3v) is 4.84. The summed E-state index contributed by atoms with van der Waals surface area (Å²) in [6.07, 6.45) is 6.66. The lowest BCUT2D eigenvalue weighted by molar-refractivity contribution is -0.139. The maximum Gasteiger partial charge on any atom is 0.355 e. The summed E-state index contributed by atoms with van der Waals surface area (Å²) in [5.74, 6) is -1.23. The first-order valence-electron chi connectivity index (χ1n) is 7.22. The molecule has 0 aliphatic carbocycles. The molecule has 1 aromatic rings. The van der Waals surface area contributed by atoms with Gasteiger partial charge in [-0.1, -0.05) is 22.0 Å². The number of esters is 2. The molecule has 0 spiro atoms. The molecule has 1 aromatic carbocycles. The zero-order valence-corrected chi connectivity index (χ0v) is 15.5. The van der Waals surface area contributed by atoms with E-state index in [1.807, 2.05) is 26.0 Å². The molecule has 0 unspecified atom stereocenters. The van der Waals surface area contributed by atoms with Gasteiger partial charge in [-0.25, -0.2) is 9.59 Å². The summed E-state index contributed by atoms with van der Waals surface area (Å²) in [4.78, 5) is 26.1. The third-order valence-electron chi connectivity index (χ3n) is 3.59. The minimum absolute atomic E-state index is 0.107. The third kappa shape index (κ3) is 3.43. The summed E-state index contributed by atoms with van der Waals surface area (Å²) in [5.41, 5.74) is 3.01. The van der Waals surface area contributed by atoms with Crippen molar-refractivity contribution < 1.29 is 19.1 Å². The fourth-order valence-electron chi connectivity index (χ4n) is 2.43. The molecule has 0 fully saturated rings. The van der Waals surface area contributed by atoms with E-state index >= 15 is 0 Å². The number of rotatable bonds is 3. The summed E-state index contributed by atoms with van der Waals surface area (Å²) in [5, 5.41) is 0. The second-order valence-corrected chi connectivity index (χ2v) is 6.00. The highest BCUT2D eigenvalue weighted by molar-refractivity contribution is 9.10. The van der Waals surface area contributed by atoms with E-state index in [1.54, 1.807) is 23.3 Å². The van der Waals surface area contributed by atoms with Crippen LogP contribution in [-0.4, -0.2) is 26.2 Å². The van der Waals surface area contributed by atoms with Crippen LogP contribution in [0, 0.1) is 13.8 Å². The zero-order chi connectivity index (χ0) is 17.9. The first-order chi connectivity index (χ1) is 11.4. The summed E-state index contributed by atoms with van der Waals surface area (Å²) < 4.78 is 10.7. The van der Waals surface area contributed by atoms with E-state index < -0.39 is 11.9 Å². The van der Waals surface area contributed by atoms with Gasteiger partial charge in [0.25, 0.3) is 0 Å². The van der Waals surface area contributed by atoms with Crippen LogP contribution < -0.4 is 4.90 Å². The molecule has 0 N–H and O–H groups in total. The second-order valence-electron chi connectivity index (χ2n) is 5.21. The van der Waals surface area contributed by atoms with Gasteiger partial charge >= 0.3 is 11.9 Å². The number of hydrogen-bond acceptors (Lipinski definition) is 5. The highest BCUT2D eigenvalue weighted by Gasteiger charge is 2.27. The van der Waals surface area contributed by atoms with Crippen LogP contribution in [-0.2, 0) is 19.1 Å². The Morgan fingerprint density at radius 2 is 1.58 bits per heavy atom. The predicted molar refractivity (Wildman–Crippen MR) is 95.4 cm³/mol. The van der Waals surface area contributed by atoms with Crippen LogP contribution in [0.3, 0.4) is 0 Å². The number of allylic oxidation sites excluding steroid dienone is 2. The topological polar surface area (TPSA) is 55.8 Å². The summed E-state index contributed by atoms with van der Waals surface area (Å²) in [6, 6.07) is 3.84. The van der Waals surface area contributed by atoms with Crippen molar-refractivity contribution in [3.8, 4) is 0 Å². The molecule has 6 heteroatoms. The molecule has 1 aliphatic rings. The largest absolute Gasteiger partial charge is 0.465 e. The van der Waals surface area contributed by atoms with Gasteiger partial charge in [0.2, 0.25) is 0 Å². The molecule has 0 amide bonds. The lowest BCUT2D eigenvalue weighted by atomic mass is 10.1. The Morgan fingerprint density at radius 1 is 1.00 bits per heavy atom. The standard InChI is InChI=1S/C18H18BrNO4/c1-11-9-13(10-12(2)15(11)19)20-8-6-5-7-14(17(21)23-3)16(20)18(22)24-4/h5-10H,1-4H3. The van der Waals surface area contributed by atoms with E-state index in [0.29, 0.717) is 0 Å². The van der Waals surface area contributed by atoms with Gasteiger partial charge in [0.05, 0.1) is 19.8 Å². The van der Waals surface area contributed by atoms with Gasteiger partial charge in [-0.05, 0) is 49.3 Å². The number of aryl methyl sites for hydroxylation is 2. The molecule has 0 saturated heterocycles. The van der Waals surface area contributed by atoms with E-state index in [2.05, 4.69) is 15.9 Å². The highest BCUT2D eigenvalue weighted by Crippen LogP contribution is 2.31. The van der Waals surface area contributed by atoms with Crippen LogP contribution in [0.25, 0.3) is 0 Å². The zero-order valence-electron chi connectivity index (χ0n) is 13.9. The van der Waals surface area contributed by atoms with Crippen LogP contribution in [0.4, 0.5) is 5.69 Å². The molecule has 5 nitrogen and oxygen atoms in total. The molecule has 126 valence electrons. The Bertz CT molecular complexity index is 754. The first-order valence-corrected chi connectivity index (χ1v) is 8.01. The predicted octanol–water partition coefficient (Wildman–Crippen LogP) is 3.56. The fourth-order valence-corrected chi connectivity index (χ4v) is 2.66. The Morgan fingerprint density at radius 3 is 2.12 bits per heavy atom. The summed E-state index contributed by atoms with van der Waals surface area (Å²) >= 11 is 3.53. The number of carbonyl (C=O) groups is 2. The van der Waals surface area contributed by atoms with Gasteiger partial charge in [-0.3, -0.25) is 0 Å². The number of nitrogens with zero attached hydrogens (tertiary/aromatic N) is 1. The Labute approximate surface area is 149 Å². The molecule has 0 bridgehead atoms. The number of benzene rings is 1. The van der Waals surface area contributed by atoms with E-state index in [-0.39, 0.29) is 11.3 Å². The lowest BCUT2D eigenvalue weighted by Gasteiger charge is -2.24. The number of carbonyl (C=O) groups excluding carboxylic acids is 2. The lowest BCUT2D eigenvalue weighted by Crippen LogP contribution is -2.27. The van der Waals surface area contributed by atoms with E-state index in [4.69, 9.17) is 9.47 Å². The van der Waals surface area contributed by atoms with E-state index in [9.17, 15) is 9.59 Å². The van der Waals surface area contributed by atoms with Crippen molar-refractivity contribution in [3.63, 3.8) is 0 Å². The van der Waals surface area contributed by atoms with Crippen molar-refractivity contribution in [2.45, 2.75) is 13.8 Å². The van der Waals surface area contributed by atoms with Crippen LogP contribution in [0.15, 0.2) is 52.3 Å². The highest BCUT2D eigenvalue weighted by atomic mass is 79.9. The van der Waals surface area contributed by atoms with Crippen molar-refractivity contribution in [1.29, 1.82) is 0 Å². The molecule has 0 saturated carbocycles. The molecular weight excluding hydrogens is 374 g/mol. The normalized spacial score (nSPS) is 13.8. The minimum Gasteiger partial charge on any atom is -0.465 e. The maximum atomic E-state index is 12.4. The van der Waals surface area contributed by atoms with Crippen molar-refractivity contribution in [2.24, 2.45) is 0 Å². The van der Waals surface area contributed by atoms with Gasteiger partial charge in [0, 0.05) is 16.4 Å². The molecule has 0 atom stereocenters. The van der Waals surface area contributed by atoms with Crippen LogP contribution in [0.1, 0.15) is 11.1 Å². The quantitative estimate of drug-likeness (QED) is 0.737. The molecule has 2 rings (SSSR count). The molecule has 0 radical (unpaired) electrons. The number of anilines is 1. The van der Waals surface area contributed by atoms with E-state index in [1.165, 1.54) is 20.3 Å². The molecule has 24 heavy (non-hydrogen) atoms. The molecule has 1 heterocycles. The van der Waals surface area contributed by atoms with Gasteiger partial charge < -0.3 is 14.4 Å². The van der Waals surface area contributed by atoms with Gasteiger partial charge in [0.15, 0.2) is 0 Å². The Hall–Kier alpha value is -2.34. The van der Waals surface area contributed by atoms with Crippen LogP contribution >= 0.6 is 15.9 Å². The average Bonchev–Trinajstić information content (AvgIpc) is 2.80. The first kappa shape index (κ1) is 18.0. The fraction of sp³-hybridized carbons (Fsp3) is 0.222. The van der Waals surface area contributed by atoms with Crippen molar-refractivity contribution >= 4 is 33.6 Å². The smallest absolute Gasteiger partial charge is 0.355 e. The Balaban J connectivity index is 2.70. The number of hydrogen-bond donors (Lipinski definition) is 0. The van der Waals surface area contributed by atoms with Crippen molar-refractivity contribution in [1.82, 2.24) is 0 Å². The van der Waals surface area contributed by atoms with Gasteiger partial charge in [0.1, 0.15) is 5.70 Å². The average molecular weight is 392 g/mol. The maximum absolute atomic E-state index is 12.4. The molecular formula is C18H18BrNO4. The number of methoxy groups -OCH3 is 2. The number of ether oxygens (including phenoxy) is 2. The van der Waals surface area contributed by atoms with Crippen LogP contribution in [0.2, 0.25) is 0 Å². The van der Waals surface area contributed by atoms with Crippen molar-refractivity contribution in [2.75, 3.05) is 19.1 Å². The van der Waals surface area contributed by atoms with Gasteiger partial charge in [-0.15, -0.1) is 0 Å². The second kappa shape index (κ2) is 7.49. The van der Waals surface area contributed by atoms with Crippen LogP contribution in [0.5, 0.6) is 0 Å². The SMILES string of the molecule is COC(=O)C1=C(C(=O)OC)N(c2cc(C)c(Br)c(C)c2)C=CC=C1. The monoisotopic (exact) mass is 391 g/mol. The van der Waals surface area contributed by atoms with Crippen molar-refractivity contribution in [3.05, 3.63) is 63.4 Å². The molecule has 0 aromatic heterocycles.